The molecule has 0 unspecified atom stereocenters. The number of carbonyl (C=O) groups is 1. The Morgan fingerprint density at radius 3 is 2.61 bits per heavy atom. The number of hydrogen-bond acceptors (Lipinski definition) is 4. The predicted molar refractivity (Wildman–Crippen MR) is 72.8 cm³/mol. The Morgan fingerprint density at radius 2 is 2.06 bits per heavy atom. The van der Waals surface area contributed by atoms with Gasteiger partial charge in [-0.15, -0.1) is 0 Å². The molecule has 0 aliphatic rings. The molecular weight excluding hydrogens is 228 g/mol. The maximum absolute atomic E-state index is 11.6. The van der Waals surface area contributed by atoms with E-state index in [1.54, 1.807) is 6.20 Å². The highest BCUT2D eigenvalue weighted by atomic mass is 16.1. The van der Waals surface area contributed by atoms with Crippen LogP contribution in [0.5, 0.6) is 0 Å². The average molecular weight is 250 g/mol. The molecule has 0 aliphatic heterocycles. The molecule has 0 saturated heterocycles. The van der Waals surface area contributed by atoms with Crippen LogP contribution < -0.4 is 10.2 Å². The van der Waals surface area contributed by atoms with Crippen molar-refractivity contribution in [2.75, 3.05) is 25.0 Å². The van der Waals surface area contributed by atoms with E-state index in [1.807, 2.05) is 18.9 Å². The van der Waals surface area contributed by atoms with Gasteiger partial charge < -0.3 is 10.2 Å². The fourth-order valence-corrected chi connectivity index (χ4v) is 1.47. The zero-order chi connectivity index (χ0) is 13.4. The summed E-state index contributed by atoms with van der Waals surface area (Å²) in [4.78, 5) is 22.1. The normalized spacial score (nSPS) is 10.2. The zero-order valence-corrected chi connectivity index (χ0v) is 11.4. The molecule has 1 N–H and O–H groups in total. The van der Waals surface area contributed by atoms with Crippen molar-refractivity contribution in [3.05, 3.63) is 18.1 Å². The second kappa shape index (κ2) is 7.63. The van der Waals surface area contributed by atoms with Gasteiger partial charge in [0.25, 0.3) is 5.91 Å². The lowest BCUT2D eigenvalue weighted by Crippen LogP contribution is -2.26. The molecule has 0 fully saturated rings. The van der Waals surface area contributed by atoms with Gasteiger partial charge in [0.05, 0.1) is 12.4 Å². The molecular formula is C13H22N4O. The lowest BCUT2D eigenvalue weighted by molar-refractivity contribution is 0.0948. The maximum atomic E-state index is 11.6. The molecule has 1 amide bonds. The van der Waals surface area contributed by atoms with Crippen LogP contribution in [0.2, 0.25) is 0 Å². The highest BCUT2D eigenvalue weighted by molar-refractivity contribution is 5.91. The van der Waals surface area contributed by atoms with Gasteiger partial charge in [-0.05, 0) is 12.8 Å². The molecule has 5 nitrogen and oxygen atoms in total. The first-order valence-electron chi connectivity index (χ1n) is 6.50. The molecule has 100 valence electrons. The van der Waals surface area contributed by atoms with Gasteiger partial charge in [-0.25, -0.2) is 9.97 Å². The van der Waals surface area contributed by atoms with Crippen LogP contribution in [0.15, 0.2) is 12.4 Å². The number of carbonyl (C=O) groups excluding carboxylic acids is 1. The summed E-state index contributed by atoms with van der Waals surface area (Å²) < 4.78 is 0. The van der Waals surface area contributed by atoms with Crippen molar-refractivity contribution < 1.29 is 4.79 Å². The number of hydrogen-bond donors (Lipinski definition) is 1. The van der Waals surface area contributed by atoms with E-state index in [-0.39, 0.29) is 5.91 Å². The van der Waals surface area contributed by atoms with Gasteiger partial charge >= 0.3 is 0 Å². The molecule has 0 spiro atoms. The highest BCUT2D eigenvalue weighted by Gasteiger charge is 2.08. The lowest BCUT2D eigenvalue weighted by Gasteiger charge is -2.17. The van der Waals surface area contributed by atoms with Crippen LogP contribution in [-0.4, -0.2) is 36.0 Å². The van der Waals surface area contributed by atoms with E-state index >= 15 is 0 Å². The summed E-state index contributed by atoms with van der Waals surface area (Å²) in [5, 5.41) is 2.78. The van der Waals surface area contributed by atoms with Gasteiger partial charge in [-0.3, -0.25) is 4.79 Å². The highest BCUT2D eigenvalue weighted by Crippen LogP contribution is 2.07. The molecule has 0 atom stereocenters. The van der Waals surface area contributed by atoms with E-state index in [2.05, 4.69) is 22.2 Å². The van der Waals surface area contributed by atoms with Gasteiger partial charge in [0.2, 0.25) is 0 Å². The molecule has 1 rings (SSSR count). The molecule has 0 aliphatic carbocycles. The van der Waals surface area contributed by atoms with Gasteiger partial charge in [-0.1, -0.05) is 20.3 Å². The first-order chi connectivity index (χ1) is 8.69. The monoisotopic (exact) mass is 250 g/mol. The molecule has 1 aromatic heterocycles. The minimum absolute atomic E-state index is 0.160. The lowest BCUT2D eigenvalue weighted by atomic mass is 10.3. The van der Waals surface area contributed by atoms with E-state index < -0.39 is 0 Å². The first kappa shape index (κ1) is 14.4. The van der Waals surface area contributed by atoms with Crippen LogP contribution in [0.4, 0.5) is 5.82 Å². The largest absolute Gasteiger partial charge is 0.358 e. The average Bonchev–Trinajstić information content (AvgIpc) is 2.42. The van der Waals surface area contributed by atoms with Crippen molar-refractivity contribution in [3.8, 4) is 0 Å². The Labute approximate surface area is 109 Å². The summed E-state index contributed by atoms with van der Waals surface area (Å²) in [5.74, 6) is 0.641. The number of nitrogens with one attached hydrogen (secondary N) is 1. The topological polar surface area (TPSA) is 58.1 Å². The predicted octanol–water partition coefficient (Wildman–Crippen LogP) is 1.85. The van der Waals surface area contributed by atoms with Crippen LogP contribution in [0.3, 0.4) is 0 Å². The standard InChI is InChI=1S/C13H22N4O/c1-4-6-8-17(3)12-10-15-11(9-16-12)13(18)14-7-5-2/h9-10H,4-8H2,1-3H3,(H,14,18). The van der Waals surface area contributed by atoms with Gasteiger partial charge in [0.1, 0.15) is 11.5 Å². The number of nitrogens with zero attached hydrogens (tertiary/aromatic N) is 3. The summed E-state index contributed by atoms with van der Waals surface area (Å²) in [6.45, 7) is 5.78. The fourth-order valence-electron chi connectivity index (χ4n) is 1.47. The third kappa shape index (κ3) is 4.31. The Hall–Kier alpha value is -1.65. The van der Waals surface area contributed by atoms with Crippen molar-refractivity contribution >= 4 is 11.7 Å². The molecule has 18 heavy (non-hydrogen) atoms. The molecule has 0 bridgehead atoms. The maximum Gasteiger partial charge on any atom is 0.271 e. The molecule has 1 heterocycles. The van der Waals surface area contributed by atoms with Crippen LogP contribution in [-0.2, 0) is 0 Å². The first-order valence-corrected chi connectivity index (χ1v) is 6.50. The number of unbranched alkanes of at least 4 members (excludes halogenated alkanes) is 1. The number of anilines is 1. The van der Waals surface area contributed by atoms with Crippen molar-refractivity contribution in [2.24, 2.45) is 0 Å². The summed E-state index contributed by atoms with van der Waals surface area (Å²) in [5.41, 5.74) is 0.371. The van der Waals surface area contributed by atoms with E-state index in [9.17, 15) is 4.79 Å². The Bertz CT molecular complexity index is 364. The Balaban J connectivity index is 2.59. The molecule has 0 saturated carbocycles. The van der Waals surface area contributed by atoms with Gasteiger partial charge in [0.15, 0.2) is 0 Å². The number of aromatic nitrogens is 2. The summed E-state index contributed by atoms with van der Waals surface area (Å²) in [7, 11) is 1.98. The quantitative estimate of drug-likeness (QED) is 0.802. The minimum atomic E-state index is -0.160. The van der Waals surface area contributed by atoms with Crippen molar-refractivity contribution in [3.63, 3.8) is 0 Å². The summed E-state index contributed by atoms with van der Waals surface area (Å²) >= 11 is 0. The minimum Gasteiger partial charge on any atom is -0.358 e. The third-order valence-electron chi connectivity index (χ3n) is 2.64. The number of amides is 1. The molecule has 5 heteroatoms. The van der Waals surface area contributed by atoms with Crippen molar-refractivity contribution in [1.82, 2.24) is 15.3 Å². The second-order valence-corrected chi connectivity index (χ2v) is 4.29. The zero-order valence-electron chi connectivity index (χ0n) is 11.4. The van der Waals surface area contributed by atoms with Crippen LogP contribution in [0.25, 0.3) is 0 Å². The van der Waals surface area contributed by atoms with E-state index in [4.69, 9.17) is 0 Å². The number of rotatable bonds is 7. The van der Waals surface area contributed by atoms with Crippen molar-refractivity contribution in [2.45, 2.75) is 33.1 Å². The Morgan fingerprint density at radius 1 is 1.28 bits per heavy atom. The van der Waals surface area contributed by atoms with Crippen LogP contribution >= 0.6 is 0 Å². The van der Waals surface area contributed by atoms with E-state index in [0.29, 0.717) is 12.2 Å². The van der Waals surface area contributed by atoms with Crippen LogP contribution in [0, 0.1) is 0 Å². The van der Waals surface area contributed by atoms with Gasteiger partial charge in [-0.2, -0.15) is 0 Å². The summed E-state index contributed by atoms with van der Waals surface area (Å²) in [6.07, 6.45) is 6.36. The van der Waals surface area contributed by atoms with E-state index in [1.165, 1.54) is 6.20 Å². The fraction of sp³-hybridized carbons (Fsp3) is 0.615. The van der Waals surface area contributed by atoms with Crippen LogP contribution in [0.1, 0.15) is 43.6 Å². The SMILES string of the molecule is CCCCN(C)c1cnc(C(=O)NCCC)cn1. The second-order valence-electron chi connectivity index (χ2n) is 4.29. The Kier molecular flexibility index (Phi) is 6.11. The van der Waals surface area contributed by atoms with Gasteiger partial charge in [0, 0.05) is 20.1 Å². The smallest absolute Gasteiger partial charge is 0.271 e. The molecule has 0 radical (unpaired) electrons. The van der Waals surface area contributed by atoms with E-state index in [0.717, 1.165) is 31.6 Å². The summed E-state index contributed by atoms with van der Waals surface area (Å²) in [6, 6.07) is 0. The van der Waals surface area contributed by atoms with Crippen molar-refractivity contribution in [1.29, 1.82) is 0 Å². The molecule has 0 aromatic carbocycles. The third-order valence-corrected chi connectivity index (χ3v) is 2.64. The molecule has 1 aromatic rings.